The van der Waals surface area contributed by atoms with Crippen LogP contribution < -0.4 is 0 Å². The summed E-state index contributed by atoms with van der Waals surface area (Å²) >= 11 is 0. The molecule has 2 aliphatic heterocycles. The Balaban J connectivity index is 1.98. The first-order valence-corrected chi connectivity index (χ1v) is 8.03. The predicted molar refractivity (Wildman–Crippen MR) is 84.9 cm³/mol. The van der Waals surface area contributed by atoms with Gasteiger partial charge in [0.15, 0.2) is 0 Å². The van der Waals surface area contributed by atoms with Crippen LogP contribution >= 0.6 is 0 Å². The summed E-state index contributed by atoms with van der Waals surface area (Å²) in [5.74, 6) is 0. The Bertz CT molecular complexity index is 487. The summed E-state index contributed by atoms with van der Waals surface area (Å²) in [5.41, 5.74) is 5.06. The van der Waals surface area contributed by atoms with E-state index in [9.17, 15) is 0 Å². The third-order valence-corrected chi connectivity index (χ3v) is 4.97. The van der Waals surface area contributed by atoms with E-state index in [-0.39, 0.29) is 5.54 Å². The second kappa shape index (κ2) is 5.16. The van der Waals surface area contributed by atoms with E-state index >= 15 is 0 Å². The average Bonchev–Trinajstić information content (AvgIpc) is 2.87. The van der Waals surface area contributed by atoms with E-state index in [0.717, 1.165) is 6.54 Å². The molecule has 0 aromatic heterocycles. The summed E-state index contributed by atoms with van der Waals surface area (Å²) in [6.45, 7) is 10.6. The zero-order valence-electron chi connectivity index (χ0n) is 13.4. The second-order valence-electron chi connectivity index (χ2n) is 7.49. The van der Waals surface area contributed by atoms with Crippen LogP contribution in [0.4, 0.5) is 0 Å². The molecule has 1 aromatic rings. The maximum absolute atomic E-state index is 2.71. The smallest absolute Gasteiger partial charge is 0.0357 e. The molecule has 1 atom stereocenters. The van der Waals surface area contributed by atoms with Crippen LogP contribution in [0, 0.1) is 0 Å². The lowest BCUT2D eigenvalue weighted by atomic mass is 9.89. The quantitative estimate of drug-likeness (QED) is 0.770. The Labute approximate surface area is 123 Å². The minimum atomic E-state index is 0.268. The SMILES string of the molecule is CN1CCc2cccc(C3CCCN3C(C)(C)C)c2C1. The molecule has 110 valence electrons. The summed E-state index contributed by atoms with van der Waals surface area (Å²) in [5, 5.41) is 0. The maximum atomic E-state index is 2.71. The van der Waals surface area contributed by atoms with Gasteiger partial charge in [-0.3, -0.25) is 4.90 Å². The van der Waals surface area contributed by atoms with Gasteiger partial charge in [-0.15, -0.1) is 0 Å². The molecule has 1 saturated heterocycles. The van der Waals surface area contributed by atoms with Crippen molar-refractivity contribution in [2.75, 3.05) is 20.1 Å². The zero-order chi connectivity index (χ0) is 14.3. The van der Waals surface area contributed by atoms with Gasteiger partial charge < -0.3 is 4.90 Å². The molecule has 2 heteroatoms. The topological polar surface area (TPSA) is 6.48 Å². The number of fused-ring (bicyclic) bond motifs is 1. The van der Waals surface area contributed by atoms with E-state index in [0.29, 0.717) is 6.04 Å². The summed E-state index contributed by atoms with van der Waals surface area (Å²) in [6, 6.07) is 7.62. The molecule has 0 bridgehead atoms. The van der Waals surface area contributed by atoms with Gasteiger partial charge in [-0.05, 0) is 70.3 Å². The number of benzene rings is 1. The summed E-state index contributed by atoms with van der Waals surface area (Å²) < 4.78 is 0. The number of likely N-dealkylation sites (N-methyl/N-ethyl adjacent to an activating group) is 1. The molecule has 1 unspecified atom stereocenters. The van der Waals surface area contributed by atoms with E-state index in [1.54, 1.807) is 16.7 Å². The number of likely N-dealkylation sites (tertiary alicyclic amines) is 1. The first-order valence-electron chi connectivity index (χ1n) is 8.03. The molecule has 2 aliphatic rings. The predicted octanol–water partition coefficient (Wildman–Crippen LogP) is 3.61. The van der Waals surface area contributed by atoms with Gasteiger partial charge in [0.25, 0.3) is 0 Å². The molecule has 0 saturated carbocycles. The molecule has 1 aromatic carbocycles. The Morgan fingerprint density at radius 2 is 1.95 bits per heavy atom. The van der Waals surface area contributed by atoms with Crippen molar-refractivity contribution in [3.8, 4) is 0 Å². The van der Waals surface area contributed by atoms with Crippen molar-refractivity contribution in [3.63, 3.8) is 0 Å². The molecule has 3 rings (SSSR count). The van der Waals surface area contributed by atoms with Crippen molar-refractivity contribution < 1.29 is 0 Å². The minimum Gasteiger partial charge on any atom is -0.302 e. The Morgan fingerprint density at radius 3 is 2.70 bits per heavy atom. The molecule has 2 nitrogen and oxygen atoms in total. The fourth-order valence-electron chi connectivity index (χ4n) is 3.95. The Hall–Kier alpha value is -0.860. The summed E-state index contributed by atoms with van der Waals surface area (Å²) in [6.07, 6.45) is 3.86. The van der Waals surface area contributed by atoms with Gasteiger partial charge in [-0.2, -0.15) is 0 Å². The Kier molecular flexibility index (Phi) is 3.64. The molecular formula is C18H28N2. The normalized spacial score (nSPS) is 24.9. The molecular weight excluding hydrogens is 244 g/mol. The van der Waals surface area contributed by atoms with Crippen LogP contribution in [0.5, 0.6) is 0 Å². The summed E-state index contributed by atoms with van der Waals surface area (Å²) in [7, 11) is 2.25. The van der Waals surface area contributed by atoms with Crippen molar-refractivity contribution >= 4 is 0 Å². The third kappa shape index (κ3) is 2.51. The molecule has 0 radical (unpaired) electrons. The van der Waals surface area contributed by atoms with Crippen molar-refractivity contribution in [3.05, 3.63) is 34.9 Å². The van der Waals surface area contributed by atoms with Crippen LogP contribution in [0.1, 0.15) is 56.3 Å². The highest BCUT2D eigenvalue weighted by Crippen LogP contribution is 2.40. The van der Waals surface area contributed by atoms with Gasteiger partial charge in [-0.25, -0.2) is 0 Å². The molecule has 0 amide bonds. The number of rotatable bonds is 1. The van der Waals surface area contributed by atoms with Gasteiger partial charge in [0.1, 0.15) is 0 Å². The van der Waals surface area contributed by atoms with E-state index < -0.39 is 0 Å². The monoisotopic (exact) mass is 272 g/mol. The summed E-state index contributed by atoms with van der Waals surface area (Å²) in [4.78, 5) is 5.17. The zero-order valence-corrected chi connectivity index (χ0v) is 13.4. The fraction of sp³-hybridized carbons (Fsp3) is 0.667. The van der Waals surface area contributed by atoms with Crippen LogP contribution in [0.25, 0.3) is 0 Å². The van der Waals surface area contributed by atoms with Crippen LogP contribution in [0.2, 0.25) is 0 Å². The van der Waals surface area contributed by atoms with Crippen LogP contribution in [-0.2, 0) is 13.0 Å². The Morgan fingerprint density at radius 1 is 1.15 bits per heavy atom. The molecule has 2 heterocycles. The highest BCUT2D eigenvalue weighted by molar-refractivity contribution is 5.39. The molecule has 1 fully saturated rings. The van der Waals surface area contributed by atoms with Gasteiger partial charge in [0, 0.05) is 24.7 Å². The van der Waals surface area contributed by atoms with Gasteiger partial charge in [0.2, 0.25) is 0 Å². The highest BCUT2D eigenvalue weighted by Gasteiger charge is 2.35. The third-order valence-electron chi connectivity index (χ3n) is 4.97. The first kappa shape index (κ1) is 14.1. The number of hydrogen-bond acceptors (Lipinski definition) is 2. The lowest BCUT2D eigenvalue weighted by molar-refractivity contribution is 0.120. The molecule has 20 heavy (non-hydrogen) atoms. The van der Waals surface area contributed by atoms with Crippen molar-refractivity contribution in [1.82, 2.24) is 9.80 Å². The number of nitrogens with zero attached hydrogens (tertiary/aromatic N) is 2. The highest BCUT2D eigenvalue weighted by atomic mass is 15.2. The largest absolute Gasteiger partial charge is 0.302 e. The standard InChI is InChI=1S/C18H28N2/c1-18(2,3)20-11-6-9-17(20)15-8-5-7-14-10-12-19(4)13-16(14)15/h5,7-8,17H,6,9-13H2,1-4H3. The van der Waals surface area contributed by atoms with E-state index in [1.807, 2.05) is 0 Å². The van der Waals surface area contributed by atoms with Gasteiger partial charge in [0.05, 0.1) is 0 Å². The van der Waals surface area contributed by atoms with E-state index in [2.05, 4.69) is 55.8 Å². The van der Waals surface area contributed by atoms with Crippen molar-refractivity contribution in [2.24, 2.45) is 0 Å². The average molecular weight is 272 g/mol. The van der Waals surface area contributed by atoms with Crippen molar-refractivity contribution in [2.45, 2.75) is 58.2 Å². The lowest BCUT2D eigenvalue weighted by Crippen LogP contribution is -2.41. The van der Waals surface area contributed by atoms with E-state index in [4.69, 9.17) is 0 Å². The fourth-order valence-corrected chi connectivity index (χ4v) is 3.95. The van der Waals surface area contributed by atoms with Crippen LogP contribution in [0.3, 0.4) is 0 Å². The van der Waals surface area contributed by atoms with Crippen LogP contribution in [-0.4, -0.2) is 35.5 Å². The number of hydrogen-bond donors (Lipinski definition) is 0. The van der Waals surface area contributed by atoms with Gasteiger partial charge >= 0.3 is 0 Å². The maximum Gasteiger partial charge on any atom is 0.0357 e. The van der Waals surface area contributed by atoms with Gasteiger partial charge in [-0.1, -0.05) is 18.2 Å². The first-order chi connectivity index (χ1) is 9.47. The molecule has 0 spiro atoms. The minimum absolute atomic E-state index is 0.268. The lowest BCUT2D eigenvalue weighted by Gasteiger charge is -2.39. The molecule has 0 aliphatic carbocycles. The van der Waals surface area contributed by atoms with Crippen molar-refractivity contribution in [1.29, 1.82) is 0 Å². The van der Waals surface area contributed by atoms with E-state index in [1.165, 1.54) is 32.4 Å². The van der Waals surface area contributed by atoms with Crippen LogP contribution in [0.15, 0.2) is 18.2 Å². The molecule has 0 N–H and O–H groups in total. The second-order valence-corrected chi connectivity index (χ2v) is 7.49.